The standard InChI is InChI=1S/C28H31NO7/c1-16-25(28(32)36-12-11-33-2)26(18-7-10-22(30)24(15-18)35-4)27-21(29-16)13-19(14-23(27)31)17-5-8-20(34-3)9-6-17/h5-10,15,19,25-26,30H,11-14H2,1-4H3/t19-,25?,26-/m1/s1. The van der Waals surface area contributed by atoms with Gasteiger partial charge in [0, 0.05) is 36.4 Å². The highest BCUT2D eigenvalue weighted by atomic mass is 16.6. The van der Waals surface area contributed by atoms with Crippen molar-refractivity contribution in [3.63, 3.8) is 0 Å². The Hall–Kier alpha value is -3.65. The smallest absolute Gasteiger partial charge is 0.315 e. The van der Waals surface area contributed by atoms with Crippen LogP contribution in [0.25, 0.3) is 0 Å². The Morgan fingerprint density at radius 3 is 2.39 bits per heavy atom. The number of Topliss-reactive ketones (excluding diaryl/α,β-unsaturated/α-hetero) is 1. The van der Waals surface area contributed by atoms with E-state index in [0.717, 1.165) is 11.3 Å². The topological polar surface area (TPSA) is 104 Å². The number of carbonyl (C=O) groups is 2. The fourth-order valence-corrected chi connectivity index (χ4v) is 5.04. The molecule has 0 saturated heterocycles. The van der Waals surface area contributed by atoms with Gasteiger partial charge in [0.15, 0.2) is 17.3 Å². The van der Waals surface area contributed by atoms with Crippen LogP contribution in [0.4, 0.5) is 0 Å². The molecule has 1 aliphatic heterocycles. The molecule has 36 heavy (non-hydrogen) atoms. The summed E-state index contributed by atoms with van der Waals surface area (Å²) in [6.07, 6.45) is 0.874. The first kappa shape index (κ1) is 25.4. The van der Waals surface area contributed by atoms with Crippen molar-refractivity contribution in [2.75, 3.05) is 34.5 Å². The normalized spacial score (nSPS) is 21.5. The van der Waals surface area contributed by atoms with Crippen molar-refractivity contribution in [1.82, 2.24) is 0 Å². The summed E-state index contributed by atoms with van der Waals surface area (Å²) in [5.41, 5.74) is 3.49. The van der Waals surface area contributed by atoms with Gasteiger partial charge in [0.05, 0.1) is 20.8 Å². The van der Waals surface area contributed by atoms with E-state index in [-0.39, 0.29) is 36.4 Å². The third-order valence-corrected chi connectivity index (χ3v) is 6.82. The van der Waals surface area contributed by atoms with Gasteiger partial charge in [-0.15, -0.1) is 0 Å². The van der Waals surface area contributed by atoms with Gasteiger partial charge in [-0.1, -0.05) is 18.2 Å². The van der Waals surface area contributed by atoms with E-state index in [1.54, 1.807) is 26.2 Å². The number of aliphatic imine (C=N–C) groups is 1. The van der Waals surface area contributed by atoms with E-state index in [1.165, 1.54) is 20.3 Å². The second kappa shape index (κ2) is 11.0. The van der Waals surface area contributed by atoms with Gasteiger partial charge in [-0.2, -0.15) is 0 Å². The summed E-state index contributed by atoms with van der Waals surface area (Å²) in [4.78, 5) is 31.7. The second-order valence-electron chi connectivity index (χ2n) is 8.96. The molecule has 0 fully saturated rings. The fraction of sp³-hybridized carbons (Fsp3) is 0.393. The summed E-state index contributed by atoms with van der Waals surface area (Å²) in [6.45, 7) is 2.16. The van der Waals surface area contributed by atoms with Gasteiger partial charge in [0.25, 0.3) is 0 Å². The second-order valence-corrected chi connectivity index (χ2v) is 8.96. The number of ketones is 1. The van der Waals surface area contributed by atoms with Crippen LogP contribution in [0.3, 0.4) is 0 Å². The zero-order chi connectivity index (χ0) is 25.8. The van der Waals surface area contributed by atoms with Crippen molar-refractivity contribution in [3.05, 3.63) is 64.9 Å². The molecule has 0 saturated carbocycles. The lowest BCUT2D eigenvalue weighted by atomic mass is 9.69. The first-order valence-electron chi connectivity index (χ1n) is 11.9. The Balaban J connectivity index is 1.76. The third-order valence-electron chi connectivity index (χ3n) is 6.82. The van der Waals surface area contributed by atoms with Crippen LogP contribution < -0.4 is 9.47 Å². The molecule has 190 valence electrons. The van der Waals surface area contributed by atoms with Crippen LogP contribution in [0.1, 0.15) is 42.7 Å². The van der Waals surface area contributed by atoms with E-state index in [2.05, 4.69) is 0 Å². The predicted octanol–water partition coefficient (Wildman–Crippen LogP) is 4.17. The van der Waals surface area contributed by atoms with Crippen molar-refractivity contribution < 1.29 is 33.6 Å². The Morgan fingerprint density at radius 2 is 1.72 bits per heavy atom. The van der Waals surface area contributed by atoms with Crippen LogP contribution >= 0.6 is 0 Å². The van der Waals surface area contributed by atoms with Crippen molar-refractivity contribution in [2.45, 2.75) is 31.6 Å². The lowest BCUT2D eigenvalue weighted by Gasteiger charge is -2.36. The molecule has 8 nitrogen and oxygen atoms in total. The molecule has 2 aromatic rings. The average Bonchev–Trinajstić information content (AvgIpc) is 2.88. The Kier molecular flexibility index (Phi) is 7.74. The van der Waals surface area contributed by atoms with Gasteiger partial charge in [-0.3, -0.25) is 14.6 Å². The van der Waals surface area contributed by atoms with Gasteiger partial charge >= 0.3 is 5.97 Å². The third kappa shape index (κ3) is 4.99. The van der Waals surface area contributed by atoms with Crippen molar-refractivity contribution in [3.8, 4) is 17.2 Å². The first-order valence-corrected chi connectivity index (χ1v) is 11.9. The largest absolute Gasteiger partial charge is 0.504 e. The molecule has 0 radical (unpaired) electrons. The number of nitrogens with zero attached hydrogens (tertiary/aromatic N) is 1. The summed E-state index contributed by atoms with van der Waals surface area (Å²) >= 11 is 0. The Bertz CT molecular complexity index is 1200. The van der Waals surface area contributed by atoms with E-state index in [9.17, 15) is 14.7 Å². The summed E-state index contributed by atoms with van der Waals surface area (Å²) < 4.78 is 21.1. The molecule has 8 heteroatoms. The monoisotopic (exact) mass is 493 g/mol. The summed E-state index contributed by atoms with van der Waals surface area (Å²) in [5, 5.41) is 10.1. The minimum atomic E-state index is -0.781. The van der Waals surface area contributed by atoms with Crippen LogP contribution in [0.15, 0.2) is 58.7 Å². The maximum atomic E-state index is 13.7. The average molecular weight is 494 g/mol. The summed E-state index contributed by atoms with van der Waals surface area (Å²) in [6, 6.07) is 12.6. The number of aromatic hydroxyl groups is 1. The number of esters is 1. The molecule has 0 spiro atoms. The molecule has 4 rings (SSSR count). The Morgan fingerprint density at radius 1 is 1.00 bits per heavy atom. The van der Waals surface area contributed by atoms with E-state index in [1.807, 2.05) is 24.3 Å². The molecular weight excluding hydrogens is 462 g/mol. The number of benzene rings is 2. The number of carbonyl (C=O) groups excluding carboxylic acids is 2. The van der Waals surface area contributed by atoms with Crippen molar-refractivity contribution in [1.29, 1.82) is 0 Å². The van der Waals surface area contributed by atoms with Crippen molar-refractivity contribution in [2.24, 2.45) is 10.9 Å². The van der Waals surface area contributed by atoms with Crippen LogP contribution in [0, 0.1) is 5.92 Å². The number of allylic oxidation sites excluding steroid dienone is 2. The van der Waals surface area contributed by atoms with Crippen LogP contribution in [0.5, 0.6) is 17.2 Å². The van der Waals surface area contributed by atoms with Crippen LogP contribution in [0.2, 0.25) is 0 Å². The Labute approximate surface area is 210 Å². The number of hydrogen-bond donors (Lipinski definition) is 1. The van der Waals surface area contributed by atoms with E-state index < -0.39 is 17.8 Å². The molecule has 0 aromatic heterocycles. The number of ether oxygens (including phenoxy) is 4. The molecule has 2 aromatic carbocycles. The molecule has 0 bridgehead atoms. The van der Waals surface area contributed by atoms with E-state index in [0.29, 0.717) is 35.4 Å². The molecule has 1 N–H and O–H groups in total. The number of phenols is 1. The van der Waals surface area contributed by atoms with Gasteiger partial charge in [0.1, 0.15) is 18.3 Å². The minimum absolute atomic E-state index is 0.0228. The molecule has 1 unspecified atom stereocenters. The zero-order valence-electron chi connectivity index (χ0n) is 20.9. The number of rotatable bonds is 8. The maximum Gasteiger partial charge on any atom is 0.315 e. The number of methoxy groups -OCH3 is 3. The van der Waals surface area contributed by atoms with Gasteiger partial charge in [-0.05, 0) is 54.7 Å². The lowest BCUT2D eigenvalue weighted by Crippen LogP contribution is -2.38. The first-order chi connectivity index (χ1) is 17.4. The van der Waals surface area contributed by atoms with Crippen LogP contribution in [-0.4, -0.2) is 57.1 Å². The SMILES string of the molecule is COCCOC(=O)C1C(C)=NC2=C(C(=O)C[C@H](c3ccc(OC)cc3)C2)[C@@H]1c1ccc(O)c(OC)c1. The summed E-state index contributed by atoms with van der Waals surface area (Å²) in [5.74, 6) is -0.946. The molecular formula is C28H31NO7. The number of hydrogen-bond acceptors (Lipinski definition) is 8. The summed E-state index contributed by atoms with van der Waals surface area (Å²) in [7, 11) is 4.60. The predicted molar refractivity (Wildman–Crippen MR) is 134 cm³/mol. The highest BCUT2D eigenvalue weighted by molar-refractivity contribution is 6.09. The van der Waals surface area contributed by atoms with Gasteiger partial charge in [0.2, 0.25) is 0 Å². The molecule has 0 amide bonds. The highest BCUT2D eigenvalue weighted by Gasteiger charge is 2.45. The van der Waals surface area contributed by atoms with E-state index in [4.69, 9.17) is 23.9 Å². The highest BCUT2D eigenvalue weighted by Crippen LogP contribution is 2.48. The zero-order valence-corrected chi connectivity index (χ0v) is 20.9. The van der Waals surface area contributed by atoms with Crippen LogP contribution in [-0.2, 0) is 19.1 Å². The van der Waals surface area contributed by atoms with Crippen molar-refractivity contribution >= 4 is 17.5 Å². The number of phenolic OH excluding ortho intramolecular Hbond substituents is 1. The molecule has 3 atom stereocenters. The fourth-order valence-electron chi connectivity index (χ4n) is 5.04. The molecule has 1 aliphatic carbocycles. The lowest BCUT2D eigenvalue weighted by molar-refractivity contribution is -0.147. The van der Waals surface area contributed by atoms with Gasteiger partial charge < -0.3 is 24.1 Å². The minimum Gasteiger partial charge on any atom is -0.504 e. The van der Waals surface area contributed by atoms with Gasteiger partial charge in [-0.25, -0.2) is 0 Å². The quantitative estimate of drug-likeness (QED) is 0.435. The molecule has 1 heterocycles. The van der Waals surface area contributed by atoms with E-state index >= 15 is 0 Å². The molecule has 2 aliphatic rings. The maximum absolute atomic E-state index is 13.7.